The Morgan fingerprint density at radius 3 is 2.58 bits per heavy atom. The monoisotopic (exact) mass is 428 g/mol. The molecule has 0 radical (unpaired) electrons. The van der Waals surface area contributed by atoms with Gasteiger partial charge in [0.1, 0.15) is 17.4 Å². The standard InChI is InChI=1S/C23H36N6O2/c1-23(2,3)31-22(30)28-13-8-17(9-14-28)20-18(7-6-12-27-10-4-5-11-27)15-19-21(24)25-16-26-29(19)20/h15-17H,4-14H2,1-3H3,(H2,24,25,26). The fourth-order valence-corrected chi connectivity index (χ4v) is 4.88. The number of piperidine rings is 1. The van der Waals surface area contributed by atoms with E-state index < -0.39 is 5.60 Å². The van der Waals surface area contributed by atoms with Gasteiger partial charge in [-0.3, -0.25) is 0 Å². The van der Waals surface area contributed by atoms with Crippen molar-refractivity contribution in [3.8, 4) is 0 Å². The van der Waals surface area contributed by atoms with Crippen molar-refractivity contribution in [3.63, 3.8) is 0 Å². The maximum Gasteiger partial charge on any atom is 0.410 e. The van der Waals surface area contributed by atoms with Crippen LogP contribution in [0, 0.1) is 0 Å². The zero-order chi connectivity index (χ0) is 22.0. The van der Waals surface area contributed by atoms with Gasteiger partial charge in [0.05, 0.1) is 0 Å². The Labute approximate surface area is 184 Å². The average molecular weight is 429 g/mol. The van der Waals surface area contributed by atoms with Gasteiger partial charge in [-0.1, -0.05) is 0 Å². The van der Waals surface area contributed by atoms with Crippen LogP contribution in [0.15, 0.2) is 12.4 Å². The molecular formula is C23H36N6O2. The molecule has 0 spiro atoms. The molecule has 31 heavy (non-hydrogen) atoms. The van der Waals surface area contributed by atoms with E-state index in [1.807, 2.05) is 30.2 Å². The first-order valence-corrected chi connectivity index (χ1v) is 11.6. The van der Waals surface area contributed by atoms with Crippen molar-refractivity contribution in [3.05, 3.63) is 23.7 Å². The smallest absolute Gasteiger partial charge is 0.410 e. The molecule has 0 saturated carbocycles. The molecule has 8 nitrogen and oxygen atoms in total. The number of nitrogens with zero attached hydrogens (tertiary/aromatic N) is 5. The summed E-state index contributed by atoms with van der Waals surface area (Å²) in [7, 11) is 0. The first kappa shape index (κ1) is 21.9. The molecule has 2 aromatic rings. The number of hydrogen-bond acceptors (Lipinski definition) is 6. The molecule has 4 rings (SSSR count). The lowest BCUT2D eigenvalue weighted by Crippen LogP contribution is -2.41. The molecule has 2 fully saturated rings. The summed E-state index contributed by atoms with van der Waals surface area (Å²) in [5.74, 6) is 0.866. The Morgan fingerprint density at radius 1 is 1.19 bits per heavy atom. The summed E-state index contributed by atoms with van der Waals surface area (Å²) in [6.07, 6.45) is 7.91. The molecule has 0 atom stereocenters. The van der Waals surface area contributed by atoms with Crippen LogP contribution in [-0.2, 0) is 11.2 Å². The Balaban J connectivity index is 1.48. The lowest BCUT2D eigenvalue weighted by molar-refractivity contribution is 0.0203. The Bertz CT molecular complexity index is 905. The van der Waals surface area contributed by atoms with Gasteiger partial charge in [0.25, 0.3) is 0 Å². The first-order valence-electron chi connectivity index (χ1n) is 11.6. The van der Waals surface area contributed by atoms with E-state index in [0.717, 1.165) is 37.7 Å². The number of nitrogen functional groups attached to an aromatic ring is 1. The third-order valence-electron chi connectivity index (χ3n) is 6.38. The average Bonchev–Trinajstić information content (AvgIpc) is 3.35. The molecule has 0 aliphatic carbocycles. The number of ether oxygens (including phenoxy) is 1. The number of aryl methyl sites for hydroxylation is 1. The largest absolute Gasteiger partial charge is 0.444 e. The topological polar surface area (TPSA) is 89.0 Å². The SMILES string of the molecule is CC(C)(C)OC(=O)N1CCC(c2c(CCCN3CCCC3)cc3c(N)ncnn23)CC1. The maximum atomic E-state index is 12.5. The maximum absolute atomic E-state index is 12.5. The molecule has 2 saturated heterocycles. The van der Waals surface area contributed by atoms with Crippen molar-refractivity contribution >= 4 is 17.4 Å². The number of rotatable bonds is 5. The molecule has 4 heterocycles. The van der Waals surface area contributed by atoms with E-state index in [-0.39, 0.29) is 6.09 Å². The molecule has 1 amide bonds. The van der Waals surface area contributed by atoms with Crippen LogP contribution in [0.5, 0.6) is 0 Å². The molecule has 8 heteroatoms. The minimum atomic E-state index is -0.470. The lowest BCUT2D eigenvalue weighted by atomic mass is 9.90. The molecule has 0 bridgehead atoms. The molecule has 2 N–H and O–H groups in total. The van der Waals surface area contributed by atoms with Crippen LogP contribution in [0.1, 0.15) is 70.1 Å². The van der Waals surface area contributed by atoms with Crippen molar-refractivity contribution in [2.45, 2.75) is 70.8 Å². The third-order valence-corrected chi connectivity index (χ3v) is 6.38. The van der Waals surface area contributed by atoms with E-state index in [0.29, 0.717) is 24.8 Å². The van der Waals surface area contributed by atoms with E-state index >= 15 is 0 Å². The van der Waals surface area contributed by atoms with Crippen LogP contribution in [0.4, 0.5) is 10.6 Å². The Kier molecular flexibility index (Phi) is 6.36. The summed E-state index contributed by atoms with van der Waals surface area (Å²) in [5.41, 5.74) is 9.16. The van der Waals surface area contributed by atoms with Crippen molar-refractivity contribution < 1.29 is 9.53 Å². The van der Waals surface area contributed by atoms with Crippen molar-refractivity contribution in [2.75, 3.05) is 38.5 Å². The minimum absolute atomic E-state index is 0.219. The van der Waals surface area contributed by atoms with Gasteiger partial charge in [-0.2, -0.15) is 5.10 Å². The lowest BCUT2D eigenvalue weighted by Gasteiger charge is -2.33. The van der Waals surface area contributed by atoms with Crippen LogP contribution >= 0.6 is 0 Å². The number of nitrogens with two attached hydrogens (primary N) is 1. The van der Waals surface area contributed by atoms with E-state index in [1.54, 1.807) is 0 Å². The van der Waals surface area contributed by atoms with Crippen molar-refractivity contribution in [2.24, 2.45) is 0 Å². The molecule has 2 aliphatic rings. The van der Waals surface area contributed by atoms with Gasteiger partial charge in [0.2, 0.25) is 0 Å². The summed E-state index contributed by atoms with van der Waals surface area (Å²) in [4.78, 5) is 21.0. The third kappa shape index (κ3) is 5.11. The van der Waals surface area contributed by atoms with Crippen LogP contribution in [0.3, 0.4) is 0 Å². The zero-order valence-electron chi connectivity index (χ0n) is 19.1. The van der Waals surface area contributed by atoms with E-state index in [4.69, 9.17) is 10.5 Å². The highest BCUT2D eigenvalue weighted by Crippen LogP contribution is 2.34. The van der Waals surface area contributed by atoms with Crippen molar-refractivity contribution in [1.29, 1.82) is 0 Å². The molecule has 170 valence electrons. The number of aromatic nitrogens is 3. The Morgan fingerprint density at radius 2 is 1.90 bits per heavy atom. The quantitative estimate of drug-likeness (QED) is 0.785. The molecule has 0 unspecified atom stereocenters. The van der Waals surface area contributed by atoms with Crippen LogP contribution in [0.2, 0.25) is 0 Å². The highest BCUT2D eigenvalue weighted by molar-refractivity contribution is 5.69. The van der Waals surface area contributed by atoms with E-state index in [2.05, 4.69) is 21.0 Å². The number of hydrogen-bond donors (Lipinski definition) is 1. The van der Waals surface area contributed by atoms with Gasteiger partial charge in [-0.25, -0.2) is 14.3 Å². The first-order chi connectivity index (χ1) is 14.8. The second-order valence-corrected chi connectivity index (χ2v) is 9.89. The predicted molar refractivity (Wildman–Crippen MR) is 121 cm³/mol. The van der Waals surface area contributed by atoms with Crippen LogP contribution in [0.25, 0.3) is 5.52 Å². The highest BCUT2D eigenvalue weighted by atomic mass is 16.6. The molecule has 2 aromatic heterocycles. The molecule has 0 aromatic carbocycles. The van der Waals surface area contributed by atoms with Gasteiger partial charge < -0.3 is 20.3 Å². The fraction of sp³-hybridized carbons (Fsp3) is 0.696. The molecule has 2 aliphatic heterocycles. The van der Waals surface area contributed by atoms with Crippen LogP contribution < -0.4 is 5.73 Å². The van der Waals surface area contributed by atoms with Gasteiger partial charge in [0, 0.05) is 24.7 Å². The zero-order valence-corrected chi connectivity index (χ0v) is 19.1. The van der Waals surface area contributed by atoms with Crippen molar-refractivity contribution in [1.82, 2.24) is 24.4 Å². The van der Waals surface area contributed by atoms with Gasteiger partial charge >= 0.3 is 6.09 Å². The second-order valence-electron chi connectivity index (χ2n) is 9.89. The highest BCUT2D eigenvalue weighted by Gasteiger charge is 2.30. The second kappa shape index (κ2) is 9.02. The summed E-state index contributed by atoms with van der Waals surface area (Å²) in [6.45, 7) is 10.7. The minimum Gasteiger partial charge on any atom is -0.444 e. The van der Waals surface area contributed by atoms with Crippen LogP contribution in [-0.4, -0.2) is 68.8 Å². The van der Waals surface area contributed by atoms with E-state index in [1.165, 1.54) is 43.5 Å². The summed E-state index contributed by atoms with van der Waals surface area (Å²) >= 11 is 0. The van der Waals surface area contributed by atoms with Gasteiger partial charge in [-0.05, 0) is 90.6 Å². The number of carbonyl (C=O) groups is 1. The van der Waals surface area contributed by atoms with Gasteiger partial charge in [0.15, 0.2) is 5.82 Å². The fourth-order valence-electron chi connectivity index (χ4n) is 4.88. The van der Waals surface area contributed by atoms with Gasteiger partial charge in [-0.15, -0.1) is 0 Å². The number of carbonyl (C=O) groups excluding carboxylic acids is 1. The molecular weight excluding hydrogens is 392 g/mol. The summed E-state index contributed by atoms with van der Waals surface area (Å²) < 4.78 is 7.54. The number of amides is 1. The number of likely N-dealkylation sites (tertiary alicyclic amines) is 2. The number of anilines is 1. The normalized spacial score (nSPS) is 18.7. The number of fused-ring (bicyclic) bond motifs is 1. The summed E-state index contributed by atoms with van der Waals surface area (Å²) in [5, 5.41) is 4.54. The summed E-state index contributed by atoms with van der Waals surface area (Å²) in [6, 6.07) is 2.18. The van der Waals surface area contributed by atoms with E-state index in [9.17, 15) is 4.79 Å². The Hall–Kier alpha value is -2.35. The predicted octanol–water partition coefficient (Wildman–Crippen LogP) is 3.45.